The van der Waals surface area contributed by atoms with E-state index in [1.54, 1.807) is 13.2 Å². The predicted molar refractivity (Wildman–Crippen MR) is 62.6 cm³/mol. The van der Waals surface area contributed by atoms with E-state index in [1.165, 1.54) is 4.68 Å². The zero-order valence-corrected chi connectivity index (χ0v) is 9.53. The summed E-state index contributed by atoms with van der Waals surface area (Å²) in [5, 5.41) is 6.79. The minimum Gasteiger partial charge on any atom is -0.396 e. The molecule has 86 valence electrons. The van der Waals surface area contributed by atoms with Crippen molar-refractivity contribution in [3.63, 3.8) is 0 Å². The van der Waals surface area contributed by atoms with Crippen LogP contribution < -0.4 is 11.1 Å². The van der Waals surface area contributed by atoms with Crippen molar-refractivity contribution in [2.45, 2.75) is 25.8 Å². The van der Waals surface area contributed by atoms with Gasteiger partial charge in [-0.25, -0.2) is 0 Å². The number of nitrogens with two attached hydrogens (primary N) is 1. The van der Waals surface area contributed by atoms with Gasteiger partial charge in [-0.05, 0) is 6.42 Å². The van der Waals surface area contributed by atoms with E-state index >= 15 is 0 Å². The number of carbonyl (C=O) groups is 1. The van der Waals surface area contributed by atoms with E-state index in [1.807, 2.05) is 6.92 Å². The lowest BCUT2D eigenvalue weighted by molar-refractivity contribution is 0.0932. The van der Waals surface area contributed by atoms with Crippen molar-refractivity contribution < 1.29 is 4.79 Å². The van der Waals surface area contributed by atoms with Gasteiger partial charge >= 0.3 is 0 Å². The lowest BCUT2D eigenvalue weighted by atomic mass is 10.1. The molecule has 3 N–H and O–H groups in total. The van der Waals surface area contributed by atoms with Crippen LogP contribution in [0.3, 0.4) is 0 Å². The van der Waals surface area contributed by atoms with Crippen molar-refractivity contribution in [2.24, 2.45) is 7.05 Å². The highest BCUT2D eigenvalue weighted by Crippen LogP contribution is 2.08. The molecule has 0 saturated carbocycles. The van der Waals surface area contributed by atoms with Crippen molar-refractivity contribution in [1.29, 1.82) is 0 Å². The summed E-state index contributed by atoms with van der Waals surface area (Å²) < 4.78 is 1.51. The van der Waals surface area contributed by atoms with Gasteiger partial charge in [-0.1, -0.05) is 6.92 Å². The molecule has 1 unspecified atom stereocenters. The fraction of sp³-hybridized carbons (Fsp3) is 0.455. The Kier molecular flexibility index (Phi) is 3.95. The highest BCUT2D eigenvalue weighted by Gasteiger charge is 2.16. The van der Waals surface area contributed by atoms with Crippen LogP contribution >= 0.6 is 0 Å². The number of rotatable bonds is 4. The average Bonchev–Trinajstić information content (AvgIpc) is 2.57. The number of carbonyl (C=O) groups excluding carboxylic acids is 1. The summed E-state index contributed by atoms with van der Waals surface area (Å²) >= 11 is 0. The van der Waals surface area contributed by atoms with Gasteiger partial charge in [0.1, 0.15) is 0 Å². The smallest absolute Gasteiger partial charge is 0.274 e. The molecule has 5 nitrogen and oxygen atoms in total. The maximum Gasteiger partial charge on any atom is 0.274 e. The Morgan fingerprint density at radius 3 is 2.94 bits per heavy atom. The summed E-state index contributed by atoms with van der Waals surface area (Å²) in [7, 11) is 1.71. The number of aromatic nitrogens is 2. The number of anilines is 1. The fourth-order valence-corrected chi connectivity index (χ4v) is 1.38. The lowest BCUT2D eigenvalue weighted by Gasteiger charge is -2.13. The maximum atomic E-state index is 11.8. The second kappa shape index (κ2) is 5.21. The van der Waals surface area contributed by atoms with E-state index in [0.29, 0.717) is 12.1 Å². The van der Waals surface area contributed by atoms with Gasteiger partial charge in [0.05, 0.1) is 5.69 Å². The first-order valence-electron chi connectivity index (χ1n) is 5.12. The Morgan fingerprint density at radius 2 is 2.50 bits per heavy atom. The third kappa shape index (κ3) is 2.76. The van der Waals surface area contributed by atoms with Gasteiger partial charge in [0.25, 0.3) is 5.91 Å². The molecule has 0 spiro atoms. The number of nitrogen functional groups attached to an aromatic ring is 1. The Hall–Kier alpha value is -1.96. The van der Waals surface area contributed by atoms with E-state index in [9.17, 15) is 4.79 Å². The van der Waals surface area contributed by atoms with Crippen LogP contribution in [-0.4, -0.2) is 21.7 Å². The molecule has 1 heterocycles. The van der Waals surface area contributed by atoms with E-state index in [2.05, 4.69) is 16.3 Å². The SMILES string of the molecule is C#CCC(CC)NC(=O)c1nn(C)cc1N. The standard InChI is InChI=1S/C11H16N4O/c1-4-6-8(5-2)13-11(16)10-9(12)7-15(3)14-10/h1,7-8H,5-6,12H2,2-3H3,(H,13,16). The average molecular weight is 220 g/mol. The Bertz CT molecular complexity index is 416. The number of hydrogen-bond donors (Lipinski definition) is 2. The Balaban J connectivity index is 2.72. The summed E-state index contributed by atoms with van der Waals surface area (Å²) in [6.07, 6.45) is 8.09. The molecule has 1 rings (SSSR count). The van der Waals surface area contributed by atoms with Gasteiger partial charge in [-0.3, -0.25) is 9.48 Å². The molecular formula is C11H16N4O. The molecule has 1 amide bonds. The minimum atomic E-state index is -0.278. The first-order valence-corrected chi connectivity index (χ1v) is 5.12. The quantitative estimate of drug-likeness (QED) is 0.727. The first-order chi connectivity index (χ1) is 7.58. The molecule has 0 saturated heterocycles. The van der Waals surface area contributed by atoms with Gasteiger partial charge < -0.3 is 11.1 Å². The van der Waals surface area contributed by atoms with Gasteiger partial charge in [0.2, 0.25) is 0 Å². The zero-order valence-electron chi connectivity index (χ0n) is 9.53. The normalized spacial score (nSPS) is 11.8. The van der Waals surface area contributed by atoms with Crippen LogP contribution in [0.2, 0.25) is 0 Å². The Labute approximate surface area is 95.0 Å². The molecule has 0 aliphatic heterocycles. The van der Waals surface area contributed by atoms with Crippen molar-refractivity contribution in [2.75, 3.05) is 5.73 Å². The molecule has 0 aliphatic carbocycles. The highest BCUT2D eigenvalue weighted by atomic mass is 16.2. The van der Waals surface area contributed by atoms with Crippen LogP contribution in [0.5, 0.6) is 0 Å². The molecular weight excluding hydrogens is 204 g/mol. The van der Waals surface area contributed by atoms with Gasteiger partial charge in [0.15, 0.2) is 5.69 Å². The number of nitrogens with one attached hydrogen (secondary N) is 1. The molecule has 0 fully saturated rings. The van der Waals surface area contributed by atoms with Crippen LogP contribution in [0.1, 0.15) is 30.3 Å². The fourth-order valence-electron chi connectivity index (χ4n) is 1.38. The maximum absolute atomic E-state index is 11.8. The molecule has 5 heteroatoms. The second-order valence-corrected chi connectivity index (χ2v) is 3.59. The van der Waals surface area contributed by atoms with Gasteiger partial charge in [-0.15, -0.1) is 12.3 Å². The summed E-state index contributed by atoms with van der Waals surface area (Å²) in [6.45, 7) is 1.96. The van der Waals surface area contributed by atoms with Crippen LogP contribution in [0.15, 0.2) is 6.20 Å². The summed E-state index contributed by atoms with van der Waals surface area (Å²) in [6, 6.07) is -0.0288. The third-order valence-corrected chi connectivity index (χ3v) is 2.26. The lowest BCUT2D eigenvalue weighted by Crippen LogP contribution is -2.34. The second-order valence-electron chi connectivity index (χ2n) is 3.59. The molecule has 0 radical (unpaired) electrons. The molecule has 16 heavy (non-hydrogen) atoms. The van der Waals surface area contributed by atoms with Crippen molar-refractivity contribution in [1.82, 2.24) is 15.1 Å². The van der Waals surface area contributed by atoms with Gasteiger partial charge in [-0.2, -0.15) is 5.10 Å². The molecule has 0 aliphatic rings. The Morgan fingerprint density at radius 1 is 1.81 bits per heavy atom. The van der Waals surface area contributed by atoms with Crippen LogP contribution in [0.25, 0.3) is 0 Å². The molecule has 0 bridgehead atoms. The van der Waals surface area contributed by atoms with Gasteiger partial charge in [0, 0.05) is 25.7 Å². The number of terminal acetylenes is 1. The summed E-state index contributed by atoms with van der Waals surface area (Å²) in [5.74, 6) is 2.25. The van der Waals surface area contributed by atoms with Crippen molar-refractivity contribution in [3.05, 3.63) is 11.9 Å². The van der Waals surface area contributed by atoms with E-state index in [0.717, 1.165) is 6.42 Å². The van der Waals surface area contributed by atoms with Crippen LogP contribution in [0.4, 0.5) is 5.69 Å². The summed E-state index contributed by atoms with van der Waals surface area (Å²) in [5.41, 5.74) is 6.27. The van der Waals surface area contributed by atoms with Crippen LogP contribution in [-0.2, 0) is 7.05 Å². The predicted octanol–water partition coefficient (Wildman–Crippen LogP) is 0.534. The zero-order chi connectivity index (χ0) is 12.1. The number of aryl methyl sites for hydroxylation is 1. The van der Waals surface area contributed by atoms with E-state index < -0.39 is 0 Å². The van der Waals surface area contributed by atoms with E-state index in [-0.39, 0.29) is 17.6 Å². The summed E-state index contributed by atoms with van der Waals surface area (Å²) in [4.78, 5) is 11.8. The minimum absolute atomic E-state index is 0.0288. The topological polar surface area (TPSA) is 72.9 Å². The monoisotopic (exact) mass is 220 g/mol. The van der Waals surface area contributed by atoms with Crippen molar-refractivity contribution in [3.8, 4) is 12.3 Å². The van der Waals surface area contributed by atoms with Crippen molar-refractivity contribution >= 4 is 11.6 Å². The number of hydrogen-bond acceptors (Lipinski definition) is 3. The number of nitrogens with zero attached hydrogens (tertiary/aromatic N) is 2. The molecule has 1 aromatic heterocycles. The van der Waals surface area contributed by atoms with Crippen LogP contribution in [0, 0.1) is 12.3 Å². The molecule has 1 atom stereocenters. The first kappa shape index (κ1) is 12.1. The molecule has 1 aromatic rings. The third-order valence-electron chi connectivity index (χ3n) is 2.26. The number of amides is 1. The van der Waals surface area contributed by atoms with E-state index in [4.69, 9.17) is 12.2 Å². The largest absolute Gasteiger partial charge is 0.396 e. The highest BCUT2D eigenvalue weighted by molar-refractivity contribution is 5.97. The molecule has 0 aromatic carbocycles.